The van der Waals surface area contributed by atoms with Gasteiger partial charge in [0.15, 0.2) is 0 Å². The standard InChI is InChI=1S/C8H7BrINO/c1-4-2-3-5(10)7(9)6(4)8(11)12/h2-3H,1H3,(H2,11,12). The van der Waals surface area contributed by atoms with Gasteiger partial charge in [-0.1, -0.05) is 6.07 Å². The molecule has 2 nitrogen and oxygen atoms in total. The fourth-order valence-electron chi connectivity index (χ4n) is 0.950. The van der Waals surface area contributed by atoms with E-state index < -0.39 is 5.91 Å². The largest absolute Gasteiger partial charge is 0.366 e. The van der Waals surface area contributed by atoms with Crippen molar-refractivity contribution < 1.29 is 4.79 Å². The average molecular weight is 340 g/mol. The third kappa shape index (κ3) is 1.80. The van der Waals surface area contributed by atoms with Crippen LogP contribution >= 0.6 is 38.5 Å². The van der Waals surface area contributed by atoms with E-state index in [2.05, 4.69) is 38.5 Å². The minimum Gasteiger partial charge on any atom is -0.366 e. The minimum atomic E-state index is -0.391. The summed E-state index contributed by atoms with van der Waals surface area (Å²) in [7, 11) is 0. The number of carbonyl (C=O) groups excluding carboxylic acids is 1. The molecule has 0 aliphatic carbocycles. The van der Waals surface area contributed by atoms with Crippen LogP contribution in [0, 0.1) is 10.5 Å². The Bertz CT molecular complexity index is 338. The maximum absolute atomic E-state index is 11.0. The molecule has 0 radical (unpaired) electrons. The van der Waals surface area contributed by atoms with Crippen LogP contribution < -0.4 is 5.73 Å². The number of aryl methyl sites for hydroxylation is 1. The van der Waals surface area contributed by atoms with Gasteiger partial charge in [-0.25, -0.2) is 0 Å². The van der Waals surface area contributed by atoms with Crippen molar-refractivity contribution in [3.8, 4) is 0 Å². The zero-order valence-electron chi connectivity index (χ0n) is 6.40. The van der Waals surface area contributed by atoms with Crippen LogP contribution in [-0.2, 0) is 0 Å². The molecule has 0 heterocycles. The Kier molecular flexibility index (Phi) is 3.11. The summed E-state index contributed by atoms with van der Waals surface area (Å²) >= 11 is 5.47. The lowest BCUT2D eigenvalue weighted by Gasteiger charge is -2.05. The van der Waals surface area contributed by atoms with Gasteiger partial charge in [0.2, 0.25) is 5.91 Å². The van der Waals surface area contributed by atoms with E-state index in [1.54, 1.807) is 0 Å². The minimum absolute atomic E-state index is 0.391. The Morgan fingerprint density at radius 3 is 2.58 bits per heavy atom. The number of rotatable bonds is 1. The average Bonchev–Trinajstić information content (AvgIpc) is 1.97. The van der Waals surface area contributed by atoms with E-state index in [9.17, 15) is 4.79 Å². The van der Waals surface area contributed by atoms with Crippen LogP contribution in [0.25, 0.3) is 0 Å². The number of primary amides is 1. The molecule has 0 aliphatic heterocycles. The molecular formula is C8H7BrINO. The predicted octanol–water partition coefficient (Wildman–Crippen LogP) is 2.46. The topological polar surface area (TPSA) is 43.1 Å². The first-order valence-corrected chi connectivity index (χ1v) is 5.15. The van der Waals surface area contributed by atoms with Crippen molar-refractivity contribution in [2.24, 2.45) is 5.73 Å². The predicted molar refractivity (Wildman–Crippen MR) is 60.1 cm³/mol. The maximum atomic E-state index is 11.0. The van der Waals surface area contributed by atoms with Gasteiger partial charge >= 0.3 is 0 Å². The van der Waals surface area contributed by atoms with Crippen molar-refractivity contribution in [2.45, 2.75) is 6.92 Å². The summed E-state index contributed by atoms with van der Waals surface area (Å²) < 4.78 is 1.78. The fourth-order valence-corrected chi connectivity index (χ4v) is 2.04. The van der Waals surface area contributed by atoms with Crippen LogP contribution in [-0.4, -0.2) is 5.91 Å². The van der Waals surface area contributed by atoms with Crippen LogP contribution in [0.4, 0.5) is 0 Å². The van der Waals surface area contributed by atoms with E-state index in [0.29, 0.717) is 5.56 Å². The SMILES string of the molecule is Cc1ccc(I)c(Br)c1C(N)=O. The van der Waals surface area contributed by atoms with Gasteiger partial charge in [-0.3, -0.25) is 4.79 Å². The first-order valence-electron chi connectivity index (χ1n) is 3.28. The number of hydrogen-bond donors (Lipinski definition) is 1. The molecule has 0 bridgehead atoms. The molecule has 1 aromatic carbocycles. The maximum Gasteiger partial charge on any atom is 0.250 e. The van der Waals surface area contributed by atoms with Crippen molar-refractivity contribution in [3.05, 3.63) is 31.3 Å². The first kappa shape index (κ1) is 9.98. The van der Waals surface area contributed by atoms with Crippen LogP contribution in [0.5, 0.6) is 0 Å². The summed E-state index contributed by atoms with van der Waals surface area (Å²) in [5.41, 5.74) is 6.68. The van der Waals surface area contributed by atoms with Crippen LogP contribution in [0.1, 0.15) is 15.9 Å². The fraction of sp³-hybridized carbons (Fsp3) is 0.125. The summed E-state index contributed by atoms with van der Waals surface area (Å²) in [6, 6.07) is 3.82. The molecule has 1 amide bonds. The van der Waals surface area contributed by atoms with Crippen molar-refractivity contribution in [2.75, 3.05) is 0 Å². The van der Waals surface area contributed by atoms with Gasteiger partial charge in [0, 0.05) is 8.04 Å². The lowest BCUT2D eigenvalue weighted by Crippen LogP contribution is -2.14. The van der Waals surface area contributed by atoms with E-state index in [1.165, 1.54) is 0 Å². The Morgan fingerprint density at radius 2 is 2.17 bits per heavy atom. The third-order valence-corrected chi connectivity index (χ3v) is 4.01. The van der Waals surface area contributed by atoms with Gasteiger partial charge in [0.1, 0.15) is 0 Å². The molecule has 0 fully saturated rings. The molecule has 0 saturated carbocycles. The number of hydrogen-bond acceptors (Lipinski definition) is 1. The summed E-state index contributed by atoms with van der Waals surface area (Å²) in [6.07, 6.45) is 0. The summed E-state index contributed by atoms with van der Waals surface area (Å²) in [4.78, 5) is 11.0. The highest BCUT2D eigenvalue weighted by atomic mass is 127. The highest BCUT2D eigenvalue weighted by molar-refractivity contribution is 14.1. The third-order valence-electron chi connectivity index (χ3n) is 1.55. The van der Waals surface area contributed by atoms with Crippen molar-refractivity contribution in [3.63, 3.8) is 0 Å². The lowest BCUT2D eigenvalue weighted by molar-refractivity contribution is 0.0999. The zero-order chi connectivity index (χ0) is 9.30. The zero-order valence-corrected chi connectivity index (χ0v) is 10.1. The normalized spacial score (nSPS) is 9.92. The quantitative estimate of drug-likeness (QED) is 0.785. The van der Waals surface area contributed by atoms with Crippen LogP contribution in [0.2, 0.25) is 0 Å². The summed E-state index contributed by atoms with van der Waals surface area (Å²) in [5, 5.41) is 0. The first-order chi connectivity index (χ1) is 5.54. The highest BCUT2D eigenvalue weighted by Gasteiger charge is 2.11. The number of amides is 1. The molecule has 4 heteroatoms. The highest BCUT2D eigenvalue weighted by Crippen LogP contribution is 2.25. The molecular weight excluding hydrogens is 333 g/mol. The Morgan fingerprint density at radius 1 is 1.58 bits per heavy atom. The van der Waals surface area contributed by atoms with Crippen LogP contribution in [0.3, 0.4) is 0 Å². The van der Waals surface area contributed by atoms with Gasteiger partial charge in [0.25, 0.3) is 0 Å². The number of benzene rings is 1. The smallest absolute Gasteiger partial charge is 0.250 e. The van der Waals surface area contributed by atoms with Gasteiger partial charge in [-0.2, -0.15) is 0 Å². The van der Waals surface area contributed by atoms with Crippen molar-refractivity contribution in [1.29, 1.82) is 0 Å². The summed E-state index contributed by atoms with van der Waals surface area (Å²) in [6.45, 7) is 1.86. The number of halogens is 2. The Hall–Kier alpha value is -0.100. The molecule has 0 unspecified atom stereocenters. The van der Waals surface area contributed by atoms with E-state index in [0.717, 1.165) is 13.6 Å². The number of carbonyl (C=O) groups is 1. The second kappa shape index (κ2) is 3.74. The lowest BCUT2D eigenvalue weighted by atomic mass is 10.1. The molecule has 0 aromatic heterocycles. The molecule has 0 spiro atoms. The molecule has 12 heavy (non-hydrogen) atoms. The van der Waals surface area contributed by atoms with E-state index in [-0.39, 0.29) is 0 Å². The molecule has 0 atom stereocenters. The van der Waals surface area contributed by atoms with Crippen molar-refractivity contribution >= 4 is 44.4 Å². The molecule has 0 aliphatic rings. The van der Waals surface area contributed by atoms with Gasteiger partial charge in [0.05, 0.1) is 5.56 Å². The van der Waals surface area contributed by atoms with E-state index >= 15 is 0 Å². The second-order valence-corrected chi connectivity index (χ2v) is 4.37. The van der Waals surface area contributed by atoms with Crippen LogP contribution in [0.15, 0.2) is 16.6 Å². The van der Waals surface area contributed by atoms with Gasteiger partial charge < -0.3 is 5.73 Å². The molecule has 2 N–H and O–H groups in total. The second-order valence-electron chi connectivity index (χ2n) is 2.42. The molecule has 1 rings (SSSR count). The Balaban J connectivity index is 3.43. The molecule has 1 aromatic rings. The van der Waals surface area contributed by atoms with Gasteiger partial charge in [-0.05, 0) is 57.1 Å². The van der Waals surface area contributed by atoms with E-state index in [1.807, 2.05) is 19.1 Å². The van der Waals surface area contributed by atoms with E-state index in [4.69, 9.17) is 5.73 Å². The van der Waals surface area contributed by atoms with Crippen molar-refractivity contribution in [1.82, 2.24) is 0 Å². The number of nitrogens with two attached hydrogens (primary N) is 1. The summed E-state index contributed by atoms with van der Waals surface area (Å²) in [5.74, 6) is -0.391. The monoisotopic (exact) mass is 339 g/mol. The Labute approximate surface area is 92.8 Å². The van der Waals surface area contributed by atoms with Gasteiger partial charge in [-0.15, -0.1) is 0 Å². The molecule has 0 saturated heterocycles. The molecule has 64 valence electrons.